The SMILES string of the molecule is COc1cc(/C=C2\CCCN([C@@H](C)c3ccc(C(=O)c4ccc(C(O)(C(N)=O)c5ccccc5)cc4)cc3)C2=O)ccc1-n1cnc(C)c1. The fourth-order valence-electron chi connectivity index (χ4n) is 6.34. The Morgan fingerprint density at radius 3 is 2.22 bits per heavy atom. The van der Waals surface area contributed by atoms with Crippen molar-refractivity contribution >= 4 is 23.7 Å². The largest absolute Gasteiger partial charge is 0.495 e. The number of ether oxygens (including phenoxy) is 1. The van der Waals surface area contributed by atoms with Gasteiger partial charge in [0, 0.05) is 29.4 Å². The van der Waals surface area contributed by atoms with Gasteiger partial charge in [-0.05, 0) is 67.2 Å². The monoisotopic (exact) mass is 654 g/mol. The zero-order valence-corrected chi connectivity index (χ0v) is 27.7. The predicted octanol–water partition coefficient (Wildman–Crippen LogP) is 5.91. The summed E-state index contributed by atoms with van der Waals surface area (Å²) >= 11 is 0. The Morgan fingerprint density at radius 1 is 0.959 bits per heavy atom. The molecule has 0 radical (unpaired) electrons. The molecule has 1 saturated heterocycles. The molecule has 1 fully saturated rings. The molecule has 4 aromatic carbocycles. The fourth-order valence-corrected chi connectivity index (χ4v) is 6.34. The van der Waals surface area contributed by atoms with Crippen LogP contribution >= 0.6 is 0 Å². The molecule has 248 valence electrons. The third-order valence-corrected chi connectivity index (χ3v) is 9.15. The number of rotatable bonds is 10. The lowest BCUT2D eigenvalue weighted by Gasteiger charge is -2.34. The number of likely N-dealkylation sites (tertiary alicyclic amines) is 1. The molecule has 9 heteroatoms. The van der Waals surface area contributed by atoms with Gasteiger partial charge in [-0.2, -0.15) is 0 Å². The first-order valence-corrected chi connectivity index (χ1v) is 16.1. The van der Waals surface area contributed by atoms with Crippen molar-refractivity contribution in [1.29, 1.82) is 0 Å². The molecule has 1 aliphatic rings. The van der Waals surface area contributed by atoms with Gasteiger partial charge in [-0.3, -0.25) is 14.4 Å². The molecule has 5 aromatic rings. The van der Waals surface area contributed by atoms with Gasteiger partial charge in [0.2, 0.25) is 5.91 Å². The molecule has 49 heavy (non-hydrogen) atoms. The Morgan fingerprint density at radius 2 is 1.61 bits per heavy atom. The van der Waals surface area contributed by atoms with Crippen LogP contribution in [0.1, 0.15) is 69.7 Å². The summed E-state index contributed by atoms with van der Waals surface area (Å²) in [6.07, 6.45) is 7.13. The molecule has 0 aliphatic carbocycles. The lowest BCUT2D eigenvalue weighted by atomic mass is 9.85. The predicted molar refractivity (Wildman–Crippen MR) is 187 cm³/mol. The summed E-state index contributed by atoms with van der Waals surface area (Å²) in [5, 5.41) is 11.2. The molecule has 2 amide bonds. The number of hydrogen-bond acceptors (Lipinski definition) is 6. The van der Waals surface area contributed by atoms with Crippen LogP contribution in [-0.2, 0) is 15.2 Å². The van der Waals surface area contributed by atoms with Crippen LogP contribution in [0.4, 0.5) is 0 Å². The molecule has 1 aliphatic heterocycles. The zero-order chi connectivity index (χ0) is 34.7. The van der Waals surface area contributed by atoms with Gasteiger partial charge in [-0.15, -0.1) is 0 Å². The number of carbonyl (C=O) groups is 3. The van der Waals surface area contributed by atoms with Crippen LogP contribution in [0.25, 0.3) is 11.8 Å². The average molecular weight is 655 g/mol. The average Bonchev–Trinajstić information content (AvgIpc) is 3.57. The maximum absolute atomic E-state index is 13.7. The smallest absolute Gasteiger partial charge is 0.258 e. The number of primary amides is 1. The lowest BCUT2D eigenvalue weighted by Crippen LogP contribution is -2.42. The highest BCUT2D eigenvalue weighted by Crippen LogP contribution is 2.32. The first-order chi connectivity index (χ1) is 23.6. The number of aryl methyl sites for hydroxylation is 1. The topological polar surface area (TPSA) is 128 Å². The molecule has 1 aromatic heterocycles. The fraction of sp³-hybridized carbons (Fsp3) is 0.200. The summed E-state index contributed by atoms with van der Waals surface area (Å²) in [5.41, 5.74) is 9.38. The number of methoxy groups -OCH3 is 1. The normalized spacial score (nSPS) is 15.9. The zero-order valence-electron chi connectivity index (χ0n) is 27.7. The van der Waals surface area contributed by atoms with Crippen LogP contribution in [0.3, 0.4) is 0 Å². The van der Waals surface area contributed by atoms with Gasteiger partial charge in [0.15, 0.2) is 11.4 Å². The van der Waals surface area contributed by atoms with E-state index in [1.807, 2.05) is 65.9 Å². The van der Waals surface area contributed by atoms with E-state index >= 15 is 0 Å². The summed E-state index contributed by atoms with van der Waals surface area (Å²) in [6.45, 7) is 4.56. The van der Waals surface area contributed by atoms with Gasteiger partial charge in [-0.1, -0.05) is 84.9 Å². The number of piperidine rings is 1. The van der Waals surface area contributed by atoms with E-state index in [1.165, 1.54) is 0 Å². The van der Waals surface area contributed by atoms with E-state index in [9.17, 15) is 19.5 Å². The Bertz CT molecular complexity index is 2030. The summed E-state index contributed by atoms with van der Waals surface area (Å²) in [7, 11) is 1.63. The van der Waals surface area contributed by atoms with Crippen LogP contribution in [0.2, 0.25) is 0 Å². The second-order valence-electron chi connectivity index (χ2n) is 12.3. The van der Waals surface area contributed by atoms with Crippen molar-refractivity contribution in [3.63, 3.8) is 0 Å². The van der Waals surface area contributed by atoms with Crippen molar-refractivity contribution in [3.8, 4) is 11.4 Å². The molecule has 1 unspecified atom stereocenters. The Kier molecular flexibility index (Phi) is 9.29. The minimum Gasteiger partial charge on any atom is -0.495 e. The number of carbonyl (C=O) groups excluding carboxylic acids is 3. The van der Waals surface area contributed by atoms with Crippen molar-refractivity contribution in [3.05, 3.63) is 154 Å². The van der Waals surface area contributed by atoms with Crippen LogP contribution in [0, 0.1) is 6.92 Å². The van der Waals surface area contributed by atoms with Gasteiger partial charge in [0.25, 0.3) is 5.91 Å². The molecule has 0 bridgehead atoms. The van der Waals surface area contributed by atoms with Crippen molar-refractivity contribution in [1.82, 2.24) is 14.5 Å². The second kappa shape index (κ2) is 13.7. The summed E-state index contributed by atoms with van der Waals surface area (Å²) < 4.78 is 7.57. The summed E-state index contributed by atoms with van der Waals surface area (Å²) in [5.74, 6) is -0.450. The number of aromatic nitrogens is 2. The number of nitrogens with two attached hydrogens (primary N) is 1. The Labute approximate surface area is 285 Å². The molecular weight excluding hydrogens is 616 g/mol. The van der Waals surface area contributed by atoms with E-state index in [4.69, 9.17) is 10.5 Å². The van der Waals surface area contributed by atoms with E-state index in [1.54, 1.807) is 80.2 Å². The van der Waals surface area contributed by atoms with Crippen molar-refractivity contribution in [2.45, 2.75) is 38.3 Å². The number of imidazole rings is 1. The highest BCUT2D eigenvalue weighted by Gasteiger charge is 2.38. The van der Waals surface area contributed by atoms with Crippen LogP contribution in [-0.4, -0.2) is 50.8 Å². The minimum atomic E-state index is -2.03. The highest BCUT2D eigenvalue weighted by atomic mass is 16.5. The van der Waals surface area contributed by atoms with Crippen LogP contribution in [0.5, 0.6) is 5.75 Å². The van der Waals surface area contributed by atoms with Crippen molar-refractivity contribution in [2.75, 3.05) is 13.7 Å². The Hall–Kier alpha value is -5.80. The van der Waals surface area contributed by atoms with Gasteiger partial charge in [0.1, 0.15) is 5.75 Å². The maximum Gasteiger partial charge on any atom is 0.258 e. The first kappa shape index (κ1) is 33.1. The lowest BCUT2D eigenvalue weighted by molar-refractivity contribution is -0.133. The van der Waals surface area contributed by atoms with Crippen LogP contribution < -0.4 is 10.5 Å². The maximum atomic E-state index is 13.7. The van der Waals surface area contributed by atoms with Gasteiger partial charge >= 0.3 is 0 Å². The second-order valence-corrected chi connectivity index (χ2v) is 12.3. The van der Waals surface area contributed by atoms with E-state index in [0.29, 0.717) is 35.4 Å². The molecular formula is C40H38N4O5. The third kappa shape index (κ3) is 6.53. The number of nitrogens with zero attached hydrogens (tertiary/aromatic N) is 3. The molecule has 9 nitrogen and oxygen atoms in total. The molecule has 3 N–H and O–H groups in total. The first-order valence-electron chi connectivity index (χ1n) is 16.1. The Balaban J connectivity index is 1.16. The number of amides is 2. The van der Waals surface area contributed by atoms with E-state index in [-0.39, 0.29) is 23.3 Å². The molecule has 2 atom stereocenters. The van der Waals surface area contributed by atoms with E-state index in [0.717, 1.165) is 34.5 Å². The molecule has 2 heterocycles. The molecule has 6 rings (SSSR count). The van der Waals surface area contributed by atoms with Gasteiger partial charge in [0.05, 0.1) is 30.9 Å². The molecule has 0 saturated carbocycles. The number of benzene rings is 4. The van der Waals surface area contributed by atoms with E-state index in [2.05, 4.69) is 4.98 Å². The minimum absolute atomic E-state index is 0.0151. The van der Waals surface area contributed by atoms with Gasteiger partial charge in [-0.25, -0.2) is 4.98 Å². The molecule has 0 spiro atoms. The van der Waals surface area contributed by atoms with E-state index < -0.39 is 11.5 Å². The van der Waals surface area contributed by atoms with Gasteiger partial charge < -0.3 is 25.0 Å². The third-order valence-electron chi connectivity index (χ3n) is 9.15. The van der Waals surface area contributed by atoms with Crippen molar-refractivity contribution in [2.24, 2.45) is 5.73 Å². The summed E-state index contributed by atoms with van der Waals surface area (Å²) in [6, 6.07) is 27.6. The summed E-state index contributed by atoms with van der Waals surface area (Å²) in [4.78, 5) is 45.6. The quantitative estimate of drug-likeness (QED) is 0.142. The number of hydrogen-bond donors (Lipinski definition) is 2. The van der Waals surface area contributed by atoms with Crippen LogP contribution in [0.15, 0.2) is 115 Å². The number of ketones is 1. The standard InChI is InChI=1S/C40H38N4O5/c1-26-24-43(25-42-26)35-20-11-28(23-36(35)49-3)22-32-8-7-21-44(38(32)46)27(2)29-12-14-30(15-13-29)37(45)31-16-18-34(19-17-31)40(48,39(41)47)33-9-5-4-6-10-33/h4-6,9-20,22-25,27,48H,7-8,21H2,1-3H3,(H2,41,47)/b32-22+/t27-,40?/m0/s1. The highest BCUT2D eigenvalue weighted by molar-refractivity contribution is 6.09. The number of aliphatic hydroxyl groups is 1. The van der Waals surface area contributed by atoms with Crippen molar-refractivity contribution < 1.29 is 24.2 Å².